The summed E-state index contributed by atoms with van der Waals surface area (Å²) in [4.78, 5) is 19.0. The van der Waals surface area contributed by atoms with Gasteiger partial charge in [-0.05, 0) is 47.9 Å². The van der Waals surface area contributed by atoms with Crippen LogP contribution in [0.5, 0.6) is 0 Å². The number of amides is 1. The first kappa shape index (κ1) is 18.6. The van der Waals surface area contributed by atoms with Crippen molar-refractivity contribution in [3.8, 4) is 0 Å². The lowest BCUT2D eigenvalue weighted by atomic mass is 9.85. The minimum atomic E-state index is -0.336. The predicted octanol–water partition coefficient (Wildman–Crippen LogP) is 5.85. The van der Waals surface area contributed by atoms with Crippen LogP contribution in [0.2, 0.25) is 0 Å². The summed E-state index contributed by atoms with van der Waals surface area (Å²) >= 11 is 0. The number of H-pyrrole nitrogens is 1. The maximum atomic E-state index is 13.5. The summed E-state index contributed by atoms with van der Waals surface area (Å²) < 4.78 is 13.4. The topological polar surface area (TPSA) is 36.1 Å². The number of halogens is 1. The van der Waals surface area contributed by atoms with Crippen molar-refractivity contribution in [3.63, 3.8) is 0 Å². The van der Waals surface area contributed by atoms with Gasteiger partial charge in [0.2, 0.25) is 0 Å². The molecule has 2 atom stereocenters. The van der Waals surface area contributed by atoms with E-state index in [1.54, 1.807) is 12.1 Å². The van der Waals surface area contributed by atoms with Crippen LogP contribution in [-0.2, 0) is 6.42 Å². The van der Waals surface area contributed by atoms with Crippen LogP contribution in [0, 0.1) is 5.82 Å². The Morgan fingerprint density at radius 3 is 2.47 bits per heavy atom. The normalized spacial score (nSPS) is 17.0. The number of para-hydroxylation sites is 1. The zero-order chi connectivity index (χ0) is 20.7. The van der Waals surface area contributed by atoms with Crippen LogP contribution in [0.25, 0.3) is 10.9 Å². The fourth-order valence-electron chi connectivity index (χ4n) is 4.71. The highest BCUT2D eigenvalue weighted by molar-refractivity contribution is 5.95. The fourth-order valence-corrected chi connectivity index (χ4v) is 4.71. The lowest BCUT2D eigenvalue weighted by molar-refractivity contribution is 0.0629. The van der Waals surface area contributed by atoms with E-state index in [-0.39, 0.29) is 23.7 Å². The molecule has 30 heavy (non-hydrogen) atoms. The summed E-state index contributed by atoms with van der Waals surface area (Å²) in [5.41, 5.74) is 5.20. The van der Waals surface area contributed by atoms with Crippen molar-refractivity contribution in [2.75, 3.05) is 6.54 Å². The molecular formula is C26H23FN2O. The fraction of sp³-hybridized carbons (Fsp3) is 0.192. The van der Waals surface area contributed by atoms with Gasteiger partial charge in [0.25, 0.3) is 5.91 Å². The largest absolute Gasteiger partial charge is 0.356 e. The van der Waals surface area contributed by atoms with Gasteiger partial charge in [0, 0.05) is 34.6 Å². The van der Waals surface area contributed by atoms with Crippen molar-refractivity contribution in [3.05, 3.63) is 107 Å². The minimum Gasteiger partial charge on any atom is -0.356 e. The molecule has 0 spiro atoms. The SMILES string of the molecule is CC(c1ccccc1)C1c2[nH]c3ccccc3c2CCN1C(=O)c1ccc(F)cc1. The van der Waals surface area contributed by atoms with Gasteiger partial charge in [-0.3, -0.25) is 4.79 Å². The van der Waals surface area contributed by atoms with E-state index in [0.29, 0.717) is 12.1 Å². The molecule has 4 heteroatoms. The first-order valence-electron chi connectivity index (χ1n) is 10.3. The molecule has 1 aromatic heterocycles. The number of nitrogens with one attached hydrogen (secondary N) is 1. The van der Waals surface area contributed by atoms with Crippen molar-refractivity contribution in [1.82, 2.24) is 9.88 Å². The molecule has 3 nitrogen and oxygen atoms in total. The molecule has 3 aromatic carbocycles. The lowest BCUT2D eigenvalue weighted by Crippen LogP contribution is -2.42. The Morgan fingerprint density at radius 1 is 1.00 bits per heavy atom. The maximum Gasteiger partial charge on any atom is 0.254 e. The Kier molecular flexibility index (Phi) is 4.62. The van der Waals surface area contributed by atoms with Gasteiger partial charge in [-0.2, -0.15) is 0 Å². The molecule has 2 unspecified atom stereocenters. The Morgan fingerprint density at radius 2 is 1.70 bits per heavy atom. The van der Waals surface area contributed by atoms with Gasteiger partial charge >= 0.3 is 0 Å². The molecule has 1 N–H and O–H groups in total. The number of carbonyl (C=O) groups excluding carboxylic acids is 1. The molecule has 4 aromatic rings. The molecule has 0 bridgehead atoms. The van der Waals surface area contributed by atoms with Crippen molar-refractivity contribution < 1.29 is 9.18 Å². The zero-order valence-corrected chi connectivity index (χ0v) is 16.8. The van der Waals surface area contributed by atoms with Crippen LogP contribution in [0.4, 0.5) is 4.39 Å². The van der Waals surface area contributed by atoms with Crippen LogP contribution in [0.3, 0.4) is 0 Å². The molecule has 1 amide bonds. The average Bonchev–Trinajstić information content (AvgIpc) is 3.17. The van der Waals surface area contributed by atoms with Crippen LogP contribution in [-0.4, -0.2) is 22.3 Å². The molecule has 0 fully saturated rings. The summed E-state index contributed by atoms with van der Waals surface area (Å²) in [6, 6.07) is 24.3. The number of hydrogen-bond donors (Lipinski definition) is 1. The predicted molar refractivity (Wildman–Crippen MR) is 117 cm³/mol. The quantitative estimate of drug-likeness (QED) is 0.462. The second-order valence-corrected chi connectivity index (χ2v) is 7.96. The van der Waals surface area contributed by atoms with E-state index < -0.39 is 0 Å². The number of aromatic amines is 1. The molecular weight excluding hydrogens is 375 g/mol. The van der Waals surface area contributed by atoms with Crippen molar-refractivity contribution >= 4 is 16.8 Å². The highest BCUT2D eigenvalue weighted by atomic mass is 19.1. The third-order valence-electron chi connectivity index (χ3n) is 6.23. The monoisotopic (exact) mass is 398 g/mol. The Hall–Kier alpha value is -3.40. The van der Waals surface area contributed by atoms with Gasteiger partial charge in [0.1, 0.15) is 5.82 Å². The number of aromatic nitrogens is 1. The highest BCUT2D eigenvalue weighted by Gasteiger charge is 2.37. The number of carbonyl (C=O) groups is 1. The van der Waals surface area contributed by atoms with Crippen LogP contribution in [0.15, 0.2) is 78.9 Å². The van der Waals surface area contributed by atoms with Crippen LogP contribution >= 0.6 is 0 Å². The molecule has 0 saturated carbocycles. The van der Waals surface area contributed by atoms with Crippen LogP contribution in [0.1, 0.15) is 46.1 Å². The number of nitrogens with zero attached hydrogens (tertiary/aromatic N) is 1. The lowest BCUT2D eigenvalue weighted by Gasteiger charge is -2.39. The Balaban J connectivity index is 1.63. The van der Waals surface area contributed by atoms with E-state index in [0.717, 1.165) is 17.6 Å². The molecule has 0 saturated heterocycles. The summed E-state index contributed by atoms with van der Waals surface area (Å²) in [5, 5.41) is 1.23. The van der Waals surface area contributed by atoms with E-state index in [1.807, 2.05) is 29.2 Å². The Labute approximate surface area is 175 Å². The molecule has 1 aliphatic heterocycles. The molecule has 0 radical (unpaired) electrons. The van der Waals surface area contributed by atoms with E-state index in [9.17, 15) is 9.18 Å². The van der Waals surface area contributed by atoms with Crippen molar-refractivity contribution in [2.45, 2.75) is 25.3 Å². The molecule has 5 rings (SSSR count). The van der Waals surface area contributed by atoms with Gasteiger partial charge in [0.05, 0.1) is 6.04 Å². The van der Waals surface area contributed by atoms with Crippen molar-refractivity contribution in [2.24, 2.45) is 0 Å². The zero-order valence-electron chi connectivity index (χ0n) is 16.8. The van der Waals surface area contributed by atoms with E-state index in [4.69, 9.17) is 0 Å². The van der Waals surface area contributed by atoms with E-state index in [2.05, 4.69) is 42.2 Å². The van der Waals surface area contributed by atoms with Gasteiger partial charge in [-0.25, -0.2) is 4.39 Å². The number of benzene rings is 3. The third-order valence-corrected chi connectivity index (χ3v) is 6.23. The molecule has 2 heterocycles. The second kappa shape index (κ2) is 7.45. The summed E-state index contributed by atoms with van der Waals surface area (Å²) in [5.74, 6) is -0.299. The molecule has 1 aliphatic rings. The first-order valence-corrected chi connectivity index (χ1v) is 10.3. The molecule has 0 aliphatic carbocycles. The minimum absolute atomic E-state index is 0.0629. The van der Waals surface area contributed by atoms with Gasteiger partial charge < -0.3 is 9.88 Å². The number of fused-ring (bicyclic) bond motifs is 3. The standard InChI is InChI=1S/C26H23FN2O/c1-17(18-7-3-2-4-8-18)25-24-22(21-9-5-6-10-23(21)28-24)15-16-29(25)26(30)19-11-13-20(27)14-12-19/h2-14,17,25,28H,15-16H2,1H3. The summed E-state index contributed by atoms with van der Waals surface area (Å²) in [6.07, 6.45) is 0.796. The first-order chi connectivity index (χ1) is 14.6. The number of rotatable bonds is 3. The number of hydrogen-bond acceptors (Lipinski definition) is 1. The third kappa shape index (κ3) is 3.09. The second-order valence-electron chi connectivity index (χ2n) is 7.96. The highest BCUT2D eigenvalue weighted by Crippen LogP contribution is 2.42. The van der Waals surface area contributed by atoms with Crippen LogP contribution < -0.4 is 0 Å². The van der Waals surface area contributed by atoms with Crippen molar-refractivity contribution in [1.29, 1.82) is 0 Å². The Bertz CT molecular complexity index is 1200. The van der Waals surface area contributed by atoms with Gasteiger partial charge in [-0.1, -0.05) is 55.5 Å². The maximum absolute atomic E-state index is 13.5. The summed E-state index contributed by atoms with van der Waals surface area (Å²) in [6.45, 7) is 2.80. The summed E-state index contributed by atoms with van der Waals surface area (Å²) in [7, 11) is 0. The van der Waals surface area contributed by atoms with Gasteiger partial charge in [-0.15, -0.1) is 0 Å². The smallest absolute Gasteiger partial charge is 0.254 e. The average molecular weight is 398 g/mol. The van der Waals surface area contributed by atoms with Gasteiger partial charge in [0.15, 0.2) is 0 Å². The van der Waals surface area contributed by atoms with E-state index >= 15 is 0 Å². The van der Waals surface area contributed by atoms with E-state index in [1.165, 1.54) is 28.6 Å². The molecule has 150 valence electrons.